The topological polar surface area (TPSA) is 112 Å². The number of benzene rings is 1. The second-order valence-corrected chi connectivity index (χ2v) is 13.2. The summed E-state index contributed by atoms with van der Waals surface area (Å²) in [4.78, 5) is 23.3. The molecule has 200 valence electrons. The lowest BCUT2D eigenvalue weighted by Crippen LogP contribution is -2.38. The third-order valence-corrected chi connectivity index (χ3v) is 10.2. The number of nitrogens with one attached hydrogen (secondary N) is 1. The molecule has 38 heavy (non-hydrogen) atoms. The fourth-order valence-electron chi connectivity index (χ4n) is 5.32. The summed E-state index contributed by atoms with van der Waals surface area (Å²) in [5.74, 6) is -0.136. The number of sulfonamides is 1. The molecule has 4 aromatic rings. The summed E-state index contributed by atoms with van der Waals surface area (Å²) in [6, 6.07) is 10.2. The summed E-state index contributed by atoms with van der Waals surface area (Å²) in [5.41, 5.74) is 11.4. The number of aromatic nitrogens is 2. The molecule has 1 aromatic carbocycles. The van der Waals surface area contributed by atoms with Crippen molar-refractivity contribution in [3.8, 4) is 11.1 Å². The van der Waals surface area contributed by atoms with Crippen LogP contribution in [0.1, 0.15) is 52.0 Å². The molecule has 1 aliphatic heterocycles. The summed E-state index contributed by atoms with van der Waals surface area (Å²) in [6.07, 6.45) is 7.07. The monoisotopic (exact) mass is 551 g/mol. The van der Waals surface area contributed by atoms with Gasteiger partial charge in [0.15, 0.2) is 0 Å². The number of fused-ring (bicyclic) bond motifs is 1. The lowest BCUT2D eigenvalue weighted by atomic mass is 9.88. The second kappa shape index (κ2) is 11.0. The predicted molar refractivity (Wildman–Crippen MR) is 153 cm³/mol. The van der Waals surface area contributed by atoms with E-state index in [0.29, 0.717) is 18.7 Å². The van der Waals surface area contributed by atoms with Gasteiger partial charge in [-0.2, -0.15) is 0 Å². The van der Waals surface area contributed by atoms with Crippen molar-refractivity contribution < 1.29 is 13.2 Å². The first kappa shape index (κ1) is 26.6. The van der Waals surface area contributed by atoms with Gasteiger partial charge in [0.05, 0.1) is 16.8 Å². The molecule has 0 radical (unpaired) electrons. The Hall–Kier alpha value is -3.05. The van der Waals surface area contributed by atoms with Crippen molar-refractivity contribution in [2.45, 2.75) is 38.8 Å². The first-order valence-electron chi connectivity index (χ1n) is 12.8. The highest BCUT2D eigenvalue weighted by Crippen LogP contribution is 2.38. The third-order valence-electron chi connectivity index (χ3n) is 7.35. The third kappa shape index (κ3) is 5.54. The summed E-state index contributed by atoms with van der Waals surface area (Å²) in [7, 11) is -1.08. The first-order chi connectivity index (χ1) is 18.2. The Bertz CT molecular complexity index is 1540. The smallest absolute Gasteiger partial charge is 0.250 e. The number of carbonyl (C=O) groups is 1. The lowest BCUT2D eigenvalue weighted by Gasteiger charge is -2.31. The van der Waals surface area contributed by atoms with Crippen LogP contribution in [0, 0.1) is 0 Å². The zero-order valence-corrected chi connectivity index (χ0v) is 23.3. The van der Waals surface area contributed by atoms with E-state index in [4.69, 9.17) is 5.73 Å². The Balaban J connectivity index is 1.40. The molecule has 10 heteroatoms. The van der Waals surface area contributed by atoms with Gasteiger partial charge in [0, 0.05) is 55.0 Å². The molecule has 4 heterocycles. The number of amides is 1. The Labute approximate surface area is 227 Å². The van der Waals surface area contributed by atoms with Crippen LogP contribution in [0.15, 0.2) is 54.3 Å². The van der Waals surface area contributed by atoms with Crippen LogP contribution in [-0.2, 0) is 23.1 Å². The SMILES string of the molecule is CCS(=O)(=O)N1CCC(c2c[nH]c3c(C(N)=O)cc(-c4csc(CN(C)Cc5ccncc5)c4)cc23)CC1. The van der Waals surface area contributed by atoms with Crippen molar-refractivity contribution >= 4 is 38.2 Å². The van der Waals surface area contributed by atoms with E-state index in [9.17, 15) is 13.2 Å². The second-order valence-electron chi connectivity index (χ2n) is 9.96. The number of aromatic amines is 1. The van der Waals surface area contributed by atoms with Gasteiger partial charge in [0.2, 0.25) is 10.0 Å². The van der Waals surface area contributed by atoms with Crippen molar-refractivity contribution in [2.75, 3.05) is 25.9 Å². The Morgan fingerprint density at radius 3 is 2.58 bits per heavy atom. The number of hydrogen-bond donors (Lipinski definition) is 2. The number of carbonyl (C=O) groups excluding carboxylic acids is 1. The van der Waals surface area contributed by atoms with Gasteiger partial charge < -0.3 is 10.7 Å². The molecule has 3 N–H and O–H groups in total. The summed E-state index contributed by atoms with van der Waals surface area (Å²) in [5, 5.41) is 3.11. The number of nitrogens with two attached hydrogens (primary N) is 1. The van der Waals surface area contributed by atoms with E-state index < -0.39 is 15.9 Å². The first-order valence-corrected chi connectivity index (χ1v) is 15.3. The normalized spacial score (nSPS) is 15.4. The summed E-state index contributed by atoms with van der Waals surface area (Å²) >= 11 is 1.70. The van der Waals surface area contributed by atoms with Gasteiger partial charge in [-0.15, -0.1) is 11.3 Å². The van der Waals surface area contributed by atoms with E-state index in [1.54, 1.807) is 22.6 Å². The molecule has 1 aliphatic rings. The number of hydrogen-bond acceptors (Lipinski definition) is 6. The summed E-state index contributed by atoms with van der Waals surface area (Å²) < 4.78 is 26.2. The molecule has 1 fully saturated rings. The van der Waals surface area contributed by atoms with Crippen molar-refractivity contribution in [3.63, 3.8) is 0 Å². The van der Waals surface area contributed by atoms with Crippen molar-refractivity contribution in [2.24, 2.45) is 5.73 Å². The van der Waals surface area contributed by atoms with Gasteiger partial charge >= 0.3 is 0 Å². The molecule has 0 spiro atoms. The van der Waals surface area contributed by atoms with E-state index in [-0.39, 0.29) is 11.7 Å². The highest BCUT2D eigenvalue weighted by molar-refractivity contribution is 7.89. The molecule has 1 saturated heterocycles. The van der Waals surface area contributed by atoms with Gasteiger partial charge in [-0.05, 0) is 90.7 Å². The van der Waals surface area contributed by atoms with Crippen LogP contribution in [0.4, 0.5) is 0 Å². The maximum Gasteiger partial charge on any atom is 0.250 e. The molecule has 0 bridgehead atoms. The average Bonchev–Trinajstić information content (AvgIpc) is 3.56. The maximum absolute atomic E-state index is 12.4. The van der Waals surface area contributed by atoms with Gasteiger partial charge in [-0.1, -0.05) is 0 Å². The van der Waals surface area contributed by atoms with Gasteiger partial charge in [0.1, 0.15) is 0 Å². The summed E-state index contributed by atoms with van der Waals surface area (Å²) in [6.45, 7) is 4.35. The number of thiophene rings is 1. The van der Waals surface area contributed by atoms with E-state index in [2.05, 4.69) is 39.4 Å². The zero-order valence-electron chi connectivity index (χ0n) is 21.7. The fourth-order valence-corrected chi connectivity index (χ4v) is 7.42. The number of piperidine rings is 1. The molecular formula is C28H33N5O3S2. The fraction of sp³-hybridized carbons (Fsp3) is 0.357. The van der Waals surface area contributed by atoms with Crippen LogP contribution in [0.25, 0.3) is 22.0 Å². The lowest BCUT2D eigenvalue weighted by molar-refractivity contribution is 0.100. The number of nitrogens with zero attached hydrogens (tertiary/aromatic N) is 3. The Morgan fingerprint density at radius 2 is 1.89 bits per heavy atom. The van der Waals surface area contributed by atoms with Crippen LogP contribution in [0.3, 0.4) is 0 Å². The minimum Gasteiger partial charge on any atom is -0.366 e. The van der Waals surface area contributed by atoms with Gasteiger partial charge in [0.25, 0.3) is 5.91 Å². The van der Waals surface area contributed by atoms with Crippen LogP contribution in [-0.4, -0.2) is 59.4 Å². The number of H-pyrrole nitrogens is 1. The molecular weight excluding hydrogens is 518 g/mol. The molecule has 8 nitrogen and oxygen atoms in total. The highest BCUT2D eigenvalue weighted by Gasteiger charge is 2.29. The highest BCUT2D eigenvalue weighted by atomic mass is 32.2. The maximum atomic E-state index is 12.4. The van der Waals surface area contributed by atoms with Crippen molar-refractivity contribution in [1.82, 2.24) is 19.2 Å². The number of pyridine rings is 1. The van der Waals surface area contributed by atoms with E-state index in [0.717, 1.165) is 53.5 Å². The zero-order chi connectivity index (χ0) is 26.9. The van der Waals surface area contributed by atoms with Crippen LogP contribution < -0.4 is 5.73 Å². The molecule has 3 aromatic heterocycles. The molecule has 5 rings (SSSR count). The minimum absolute atomic E-state index is 0.123. The largest absolute Gasteiger partial charge is 0.366 e. The van der Waals surface area contributed by atoms with Crippen LogP contribution in [0.2, 0.25) is 0 Å². The average molecular weight is 552 g/mol. The van der Waals surface area contributed by atoms with Gasteiger partial charge in [-0.3, -0.25) is 14.7 Å². The predicted octanol–water partition coefficient (Wildman–Crippen LogP) is 4.55. The quantitative estimate of drug-likeness (QED) is 0.317. The van der Waals surface area contributed by atoms with E-state index in [1.165, 1.54) is 10.4 Å². The van der Waals surface area contributed by atoms with Crippen molar-refractivity contribution in [1.29, 1.82) is 0 Å². The standard InChI is InChI=1S/C28H33N5O3S2/c1-3-38(35,36)33-10-6-20(7-11-33)26-15-31-27-24(26)13-21(14-25(27)28(29)34)22-12-23(37-18-22)17-32(2)16-19-4-8-30-9-5-19/h4-5,8-9,12-15,18,20,31H,3,6-7,10-11,16-17H2,1-2H3,(H2,29,34). The van der Waals surface area contributed by atoms with Gasteiger partial charge in [-0.25, -0.2) is 12.7 Å². The molecule has 0 aliphatic carbocycles. The molecule has 0 unspecified atom stereocenters. The number of primary amides is 1. The van der Waals surface area contributed by atoms with E-state index in [1.807, 2.05) is 36.8 Å². The van der Waals surface area contributed by atoms with Crippen molar-refractivity contribution in [3.05, 3.63) is 75.9 Å². The van der Waals surface area contributed by atoms with E-state index >= 15 is 0 Å². The minimum atomic E-state index is -3.18. The molecule has 0 atom stereocenters. The van der Waals surface area contributed by atoms with Crippen LogP contribution in [0.5, 0.6) is 0 Å². The van der Waals surface area contributed by atoms with Crippen LogP contribution >= 0.6 is 11.3 Å². The number of rotatable bonds is 9. The molecule has 0 saturated carbocycles. The molecule has 1 amide bonds. The Morgan fingerprint density at radius 1 is 1.16 bits per heavy atom. The Kier molecular flexibility index (Phi) is 7.67.